The van der Waals surface area contributed by atoms with Crippen LogP contribution >= 0.6 is 0 Å². The number of hydrogen-bond acceptors (Lipinski definition) is 4. The molecule has 0 unspecified atom stereocenters. The zero-order chi connectivity index (χ0) is 18.5. The van der Waals surface area contributed by atoms with Crippen LogP contribution in [0.2, 0.25) is 0 Å². The molecule has 0 saturated carbocycles. The quantitative estimate of drug-likeness (QED) is 0.762. The van der Waals surface area contributed by atoms with Crippen molar-refractivity contribution in [1.82, 2.24) is 20.1 Å². The monoisotopic (exact) mass is 362 g/mol. The number of rotatable bonds is 3. The highest BCUT2D eigenvalue weighted by molar-refractivity contribution is 5.88. The molecule has 3 aliphatic heterocycles. The third-order valence-corrected chi connectivity index (χ3v) is 6.59. The normalized spacial score (nSPS) is 27.2. The molecule has 6 rings (SSSR count). The largest absolute Gasteiger partial charge is 0.471 e. The highest BCUT2D eigenvalue weighted by atomic mass is 16.5. The Morgan fingerprint density at radius 2 is 1.89 bits per heavy atom. The summed E-state index contributed by atoms with van der Waals surface area (Å²) in [7, 11) is 0. The molecule has 2 aromatic heterocycles. The third-order valence-electron chi connectivity index (χ3n) is 6.59. The molecule has 140 valence electrons. The van der Waals surface area contributed by atoms with Crippen molar-refractivity contribution in [2.24, 2.45) is 5.92 Å². The van der Waals surface area contributed by atoms with E-state index in [4.69, 9.17) is 4.74 Å². The maximum Gasteiger partial charge on any atom is 0.233 e. The number of fused-ring (bicyclic) bond motifs is 4. The van der Waals surface area contributed by atoms with E-state index in [-0.39, 0.29) is 6.10 Å². The van der Waals surface area contributed by atoms with Crippen molar-refractivity contribution in [3.63, 3.8) is 0 Å². The molecule has 0 radical (unpaired) electrons. The molecule has 1 N–H and O–H groups in total. The van der Waals surface area contributed by atoms with E-state index >= 15 is 0 Å². The van der Waals surface area contributed by atoms with Gasteiger partial charge in [-0.1, -0.05) is 6.07 Å². The van der Waals surface area contributed by atoms with Crippen molar-refractivity contribution in [3.8, 4) is 17.1 Å². The second-order valence-electron chi connectivity index (χ2n) is 8.09. The number of nitrogens with one attached hydrogen (secondary N) is 1. The number of aromatic nitrogens is 3. The summed E-state index contributed by atoms with van der Waals surface area (Å²) in [6.45, 7) is 8.94. The zero-order valence-corrected chi connectivity index (χ0v) is 16.2. The molecule has 2 atom stereocenters. The Labute approximate surface area is 159 Å². The molecule has 3 aromatic rings. The molecule has 27 heavy (non-hydrogen) atoms. The summed E-state index contributed by atoms with van der Waals surface area (Å²) in [6.07, 6.45) is 2.70. The molecule has 2 bridgehead atoms. The van der Waals surface area contributed by atoms with Crippen LogP contribution in [0.4, 0.5) is 0 Å². The summed E-state index contributed by atoms with van der Waals surface area (Å²) >= 11 is 0. The van der Waals surface area contributed by atoms with Gasteiger partial charge in [0.15, 0.2) is 0 Å². The summed E-state index contributed by atoms with van der Waals surface area (Å²) in [6, 6.07) is 10.8. The van der Waals surface area contributed by atoms with Gasteiger partial charge < -0.3 is 9.72 Å². The van der Waals surface area contributed by atoms with Crippen LogP contribution in [0.1, 0.15) is 31.0 Å². The van der Waals surface area contributed by atoms with Crippen LogP contribution < -0.4 is 4.74 Å². The minimum Gasteiger partial charge on any atom is -0.471 e. The van der Waals surface area contributed by atoms with E-state index in [2.05, 4.69) is 59.1 Å². The van der Waals surface area contributed by atoms with Gasteiger partial charge in [0.25, 0.3) is 0 Å². The topological polar surface area (TPSA) is 54.0 Å². The lowest BCUT2D eigenvalue weighted by Gasteiger charge is -2.48. The molecule has 3 saturated heterocycles. The Kier molecular flexibility index (Phi) is 3.93. The number of benzene rings is 1. The summed E-state index contributed by atoms with van der Waals surface area (Å²) in [5, 5.41) is 10.1. The highest BCUT2D eigenvalue weighted by Crippen LogP contribution is 2.34. The molecule has 0 aliphatic carbocycles. The van der Waals surface area contributed by atoms with Crippen molar-refractivity contribution >= 4 is 10.9 Å². The SMILES string of the molecule is Cc1[nH]c2ccc(-c3ccc(O[C@@H]4C5CCN(CC5)[C@H]4C)nn3)cc2c1C. The van der Waals surface area contributed by atoms with Gasteiger partial charge in [0.1, 0.15) is 6.10 Å². The van der Waals surface area contributed by atoms with Crippen LogP contribution in [-0.4, -0.2) is 45.3 Å². The summed E-state index contributed by atoms with van der Waals surface area (Å²) in [5.41, 5.74) is 5.63. The first-order valence-electron chi connectivity index (χ1n) is 9.94. The molecule has 1 aromatic carbocycles. The number of aryl methyl sites for hydroxylation is 2. The Bertz CT molecular complexity index is 968. The number of ether oxygens (including phenoxy) is 1. The number of aromatic amines is 1. The smallest absolute Gasteiger partial charge is 0.233 e. The predicted molar refractivity (Wildman–Crippen MR) is 107 cm³/mol. The first-order valence-corrected chi connectivity index (χ1v) is 9.94. The number of piperidine rings is 3. The average Bonchev–Trinajstić information content (AvgIpc) is 2.99. The van der Waals surface area contributed by atoms with Gasteiger partial charge in [0, 0.05) is 34.3 Å². The van der Waals surface area contributed by atoms with Gasteiger partial charge in [-0.15, -0.1) is 10.2 Å². The number of hydrogen-bond donors (Lipinski definition) is 1. The van der Waals surface area contributed by atoms with Crippen molar-refractivity contribution in [1.29, 1.82) is 0 Å². The van der Waals surface area contributed by atoms with Gasteiger partial charge >= 0.3 is 0 Å². The van der Waals surface area contributed by atoms with Crippen LogP contribution in [0, 0.1) is 19.8 Å². The molecule has 3 aliphatic rings. The van der Waals surface area contributed by atoms with Gasteiger partial charge in [-0.05, 0) is 76.4 Å². The zero-order valence-electron chi connectivity index (χ0n) is 16.2. The molecule has 5 nitrogen and oxygen atoms in total. The van der Waals surface area contributed by atoms with E-state index in [9.17, 15) is 0 Å². The average molecular weight is 362 g/mol. The summed E-state index contributed by atoms with van der Waals surface area (Å²) in [4.78, 5) is 5.95. The minimum absolute atomic E-state index is 0.231. The summed E-state index contributed by atoms with van der Waals surface area (Å²) < 4.78 is 6.26. The fourth-order valence-electron chi connectivity index (χ4n) is 4.75. The minimum atomic E-state index is 0.231. The van der Waals surface area contributed by atoms with Gasteiger partial charge in [0.2, 0.25) is 5.88 Å². The van der Waals surface area contributed by atoms with Gasteiger partial charge in [0.05, 0.1) is 5.69 Å². The van der Waals surface area contributed by atoms with Gasteiger partial charge in [-0.25, -0.2) is 0 Å². The molecular weight excluding hydrogens is 336 g/mol. The Morgan fingerprint density at radius 1 is 1.07 bits per heavy atom. The fourth-order valence-corrected chi connectivity index (χ4v) is 4.75. The van der Waals surface area contributed by atoms with E-state index in [1.165, 1.54) is 42.6 Å². The number of H-pyrrole nitrogens is 1. The van der Waals surface area contributed by atoms with Crippen LogP contribution in [-0.2, 0) is 0 Å². The first-order chi connectivity index (χ1) is 13.1. The molecule has 5 heteroatoms. The van der Waals surface area contributed by atoms with Crippen LogP contribution in [0.3, 0.4) is 0 Å². The molecule has 0 amide bonds. The van der Waals surface area contributed by atoms with Crippen LogP contribution in [0.15, 0.2) is 30.3 Å². The van der Waals surface area contributed by atoms with E-state index in [1.807, 2.05) is 12.1 Å². The van der Waals surface area contributed by atoms with Gasteiger partial charge in [-0.3, -0.25) is 4.90 Å². The van der Waals surface area contributed by atoms with E-state index in [1.54, 1.807) is 0 Å². The lowest BCUT2D eigenvalue weighted by molar-refractivity contribution is -0.0528. The maximum absolute atomic E-state index is 6.26. The van der Waals surface area contributed by atoms with E-state index < -0.39 is 0 Å². The predicted octanol–water partition coefficient (Wildman–Crippen LogP) is 4.10. The third kappa shape index (κ3) is 2.81. The lowest BCUT2D eigenvalue weighted by atomic mass is 9.81. The van der Waals surface area contributed by atoms with E-state index in [0.29, 0.717) is 17.8 Å². The van der Waals surface area contributed by atoms with Crippen LogP contribution in [0.25, 0.3) is 22.2 Å². The van der Waals surface area contributed by atoms with Crippen LogP contribution in [0.5, 0.6) is 5.88 Å². The Hall–Kier alpha value is -2.40. The second-order valence-corrected chi connectivity index (χ2v) is 8.09. The van der Waals surface area contributed by atoms with Gasteiger partial charge in [-0.2, -0.15) is 0 Å². The number of nitrogens with zero attached hydrogens (tertiary/aromatic N) is 3. The molecule has 3 fully saturated rings. The van der Waals surface area contributed by atoms with Crippen molar-refractivity contribution in [2.45, 2.75) is 45.8 Å². The maximum atomic E-state index is 6.26. The van der Waals surface area contributed by atoms with Crippen molar-refractivity contribution in [3.05, 3.63) is 41.6 Å². The Morgan fingerprint density at radius 3 is 2.59 bits per heavy atom. The first kappa shape index (κ1) is 16.8. The molecule has 0 spiro atoms. The molecular formula is C22H26N4O. The van der Waals surface area contributed by atoms with Crippen molar-refractivity contribution in [2.75, 3.05) is 13.1 Å². The molecule has 5 heterocycles. The summed E-state index contributed by atoms with van der Waals surface area (Å²) in [5.74, 6) is 1.28. The van der Waals surface area contributed by atoms with E-state index in [0.717, 1.165) is 16.8 Å². The fraction of sp³-hybridized carbons (Fsp3) is 0.455. The lowest BCUT2D eigenvalue weighted by Crippen LogP contribution is -2.58. The Balaban J connectivity index is 1.38. The highest BCUT2D eigenvalue weighted by Gasteiger charge is 2.41. The second kappa shape index (κ2) is 6.34. The standard InChI is InChI=1S/C22H26N4O/c1-13-14(2)23-20-5-4-17(12-18(13)20)19-6-7-21(25-24-19)27-22-15(3)26-10-8-16(22)9-11-26/h4-7,12,15-16,22-23H,8-11H2,1-3H3/t15-,22-/m0/s1. The van der Waals surface area contributed by atoms with Crippen molar-refractivity contribution < 1.29 is 4.74 Å².